The van der Waals surface area contributed by atoms with Gasteiger partial charge in [0.05, 0.1) is 6.10 Å². The molecule has 0 aliphatic heterocycles. The molecule has 2 saturated carbocycles. The molecule has 0 saturated heterocycles. The molecule has 88 valence electrons. The average Bonchev–Trinajstić information content (AvgIpc) is 2.56. The van der Waals surface area contributed by atoms with Gasteiger partial charge in [-0.25, -0.2) is 0 Å². The van der Waals surface area contributed by atoms with E-state index in [4.69, 9.17) is 0 Å². The Hall–Kier alpha value is -0.630. The van der Waals surface area contributed by atoms with Gasteiger partial charge in [0, 0.05) is 6.42 Å². The quantitative estimate of drug-likeness (QED) is 0.681. The highest BCUT2D eigenvalue weighted by atomic mass is 16.3. The average molecular weight is 220 g/mol. The molecule has 0 spiro atoms. The van der Waals surface area contributed by atoms with Crippen LogP contribution in [0.4, 0.5) is 0 Å². The summed E-state index contributed by atoms with van der Waals surface area (Å²) < 4.78 is 0. The number of fused-ring (bicyclic) bond motifs is 3. The van der Waals surface area contributed by atoms with Crippen LogP contribution in [-0.4, -0.2) is 17.0 Å². The minimum atomic E-state index is -0.114. The molecule has 0 heterocycles. The van der Waals surface area contributed by atoms with Crippen molar-refractivity contribution in [3.63, 3.8) is 0 Å². The van der Waals surface area contributed by atoms with Gasteiger partial charge in [-0.05, 0) is 55.4 Å². The van der Waals surface area contributed by atoms with Crippen molar-refractivity contribution in [3.8, 4) is 0 Å². The molecule has 0 bridgehead atoms. The predicted molar refractivity (Wildman–Crippen MR) is 61.9 cm³/mol. The second kappa shape index (κ2) is 3.43. The van der Waals surface area contributed by atoms with Crippen molar-refractivity contribution < 1.29 is 9.90 Å². The fraction of sp³-hybridized carbons (Fsp3) is 0.786. The molecule has 16 heavy (non-hydrogen) atoms. The van der Waals surface area contributed by atoms with Crippen molar-refractivity contribution in [2.24, 2.45) is 17.3 Å². The molecule has 3 aliphatic carbocycles. The van der Waals surface area contributed by atoms with Crippen LogP contribution in [0.1, 0.15) is 45.4 Å². The molecular formula is C14H20O2. The lowest BCUT2D eigenvalue weighted by Gasteiger charge is -2.46. The number of aliphatic hydroxyl groups is 1. The number of ketones is 1. The molecule has 0 amide bonds. The Labute approximate surface area is 96.7 Å². The van der Waals surface area contributed by atoms with E-state index in [0.29, 0.717) is 17.6 Å². The highest BCUT2D eigenvalue weighted by Gasteiger charge is 2.52. The second-order valence-corrected chi connectivity index (χ2v) is 6.04. The molecule has 1 N–H and O–H groups in total. The Morgan fingerprint density at radius 2 is 2.12 bits per heavy atom. The fourth-order valence-corrected chi connectivity index (χ4v) is 4.26. The van der Waals surface area contributed by atoms with E-state index < -0.39 is 0 Å². The van der Waals surface area contributed by atoms with E-state index in [9.17, 15) is 9.90 Å². The zero-order valence-corrected chi connectivity index (χ0v) is 9.91. The van der Waals surface area contributed by atoms with Crippen LogP contribution in [0.3, 0.4) is 0 Å². The van der Waals surface area contributed by atoms with Crippen LogP contribution in [0.15, 0.2) is 11.6 Å². The Morgan fingerprint density at radius 1 is 1.31 bits per heavy atom. The maximum absolute atomic E-state index is 11.4. The maximum atomic E-state index is 11.4. The van der Waals surface area contributed by atoms with E-state index >= 15 is 0 Å². The van der Waals surface area contributed by atoms with Crippen molar-refractivity contribution >= 4 is 5.78 Å². The van der Waals surface area contributed by atoms with Gasteiger partial charge in [-0.3, -0.25) is 4.79 Å². The smallest absolute Gasteiger partial charge is 0.155 e. The van der Waals surface area contributed by atoms with Crippen LogP contribution in [0.2, 0.25) is 0 Å². The minimum absolute atomic E-state index is 0.114. The summed E-state index contributed by atoms with van der Waals surface area (Å²) in [6.45, 7) is 2.25. The third-order valence-corrected chi connectivity index (χ3v) is 5.32. The van der Waals surface area contributed by atoms with Gasteiger partial charge in [0.25, 0.3) is 0 Å². The highest BCUT2D eigenvalue weighted by molar-refractivity contribution is 5.91. The van der Waals surface area contributed by atoms with Gasteiger partial charge in [-0.2, -0.15) is 0 Å². The van der Waals surface area contributed by atoms with Gasteiger partial charge in [-0.15, -0.1) is 0 Å². The number of carbonyl (C=O) groups excluding carboxylic acids is 1. The van der Waals surface area contributed by atoms with E-state index in [-0.39, 0.29) is 11.5 Å². The van der Waals surface area contributed by atoms with Crippen LogP contribution in [0.25, 0.3) is 0 Å². The summed E-state index contributed by atoms with van der Waals surface area (Å²) in [5.41, 5.74) is 1.51. The monoisotopic (exact) mass is 220 g/mol. The Kier molecular flexibility index (Phi) is 2.25. The molecule has 0 radical (unpaired) electrons. The Morgan fingerprint density at radius 3 is 2.94 bits per heavy atom. The van der Waals surface area contributed by atoms with Crippen molar-refractivity contribution in [2.75, 3.05) is 0 Å². The van der Waals surface area contributed by atoms with Crippen molar-refractivity contribution in [2.45, 2.75) is 51.6 Å². The van der Waals surface area contributed by atoms with Gasteiger partial charge in [0.15, 0.2) is 5.78 Å². The lowest BCUT2D eigenvalue weighted by Crippen LogP contribution is -2.41. The number of aliphatic hydroxyl groups excluding tert-OH is 1. The first kappa shape index (κ1) is 10.5. The van der Waals surface area contributed by atoms with E-state index in [1.54, 1.807) is 0 Å². The lowest BCUT2D eigenvalue weighted by atomic mass is 9.59. The lowest BCUT2D eigenvalue weighted by molar-refractivity contribution is -0.115. The normalized spacial score (nSPS) is 47.2. The van der Waals surface area contributed by atoms with Crippen LogP contribution < -0.4 is 0 Å². The van der Waals surface area contributed by atoms with E-state index in [2.05, 4.69) is 6.92 Å². The summed E-state index contributed by atoms with van der Waals surface area (Å²) in [5, 5.41) is 10.1. The summed E-state index contributed by atoms with van der Waals surface area (Å²) in [6.07, 6.45) is 7.73. The summed E-state index contributed by atoms with van der Waals surface area (Å²) in [5.74, 6) is 1.53. The standard InChI is InChI=1S/C14H20O2/c1-14-7-6-9-8-10(15)2-3-11(9)12(14)4-5-13(14)16/h8,11-13,16H,2-7H2,1H3/t11-,12+,13+,14-/m0/s1. The zero-order chi connectivity index (χ0) is 11.3. The Balaban J connectivity index is 1.93. The minimum Gasteiger partial charge on any atom is -0.393 e. The number of rotatable bonds is 0. The van der Waals surface area contributed by atoms with Gasteiger partial charge < -0.3 is 5.11 Å². The molecule has 2 fully saturated rings. The predicted octanol–water partition coefficient (Wildman–Crippen LogP) is 2.46. The summed E-state index contributed by atoms with van der Waals surface area (Å²) >= 11 is 0. The van der Waals surface area contributed by atoms with Gasteiger partial charge in [0.1, 0.15) is 0 Å². The largest absolute Gasteiger partial charge is 0.393 e. The molecule has 2 nitrogen and oxygen atoms in total. The van der Waals surface area contributed by atoms with E-state index in [0.717, 1.165) is 38.5 Å². The van der Waals surface area contributed by atoms with Crippen molar-refractivity contribution in [3.05, 3.63) is 11.6 Å². The number of allylic oxidation sites excluding steroid dienone is 2. The first-order valence-corrected chi connectivity index (χ1v) is 6.52. The van der Waals surface area contributed by atoms with Gasteiger partial charge >= 0.3 is 0 Å². The molecule has 3 aliphatic rings. The molecule has 2 heteroatoms. The van der Waals surface area contributed by atoms with Crippen LogP contribution in [0, 0.1) is 17.3 Å². The third kappa shape index (κ3) is 1.32. The summed E-state index contributed by atoms with van der Waals surface area (Å²) in [6, 6.07) is 0. The zero-order valence-electron chi connectivity index (χ0n) is 9.91. The van der Waals surface area contributed by atoms with Crippen molar-refractivity contribution in [1.29, 1.82) is 0 Å². The molecule has 0 aromatic heterocycles. The third-order valence-electron chi connectivity index (χ3n) is 5.32. The number of hydrogen-bond acceptors (Lipinski definition) is 2. The second-order valence-electron chi connectivity index (χ2n) is 6.04. The van der Waals surface area contributed by atoms with Crippen LogP contribution >= 0.6 is 0 Å². The van der Waals surface area contributed by atoms with Gasteiger partial charge in [-0.1, -0.05) is 12.5 Å². The van der Waals surface area contributed by atoms with E-state index in [1.165, 1.54) is 5.57 Å². The number of carbonyl (C=O) groups is 1. The SMILES string of the molecule is C[C@]12CCC3=CC(=O)CC[C@@H]3[C@H]1CC[C@H]2O. The number of hydrogen-bond donors (Lipinski definition) is 1. The molecular weight excluding hydrogens is 200 g/mol. The van der Waals surface area contributed by atoms with E-state index in [1.807, 2.05) is 6.08 Å². The molecule has 3 rings (SSSR count). The summed E-state index contributed by atoms with van der Waals surface area (Å²) in [7, 11) is 0. The molecule has 0 aromatic rings. The highest BCUT2D eigenvalue weighted by Crippen LogP contribution is 2.57. The van der Waals surface area contributed by atoms with Crippen LogP contribution in [0.5, 0.6) is 0 Å². The van der Waals surface area contributed by atoms with Gasteiger partial charge in [0.2, 0.25) is 0 Å². The topological polar surface area (TPSA) is 37.3 Å². The molecule has 4 atom stereocenters. The van der Waals surface area contributed by atoms with Crippen molar-refractivity contribution in [1.82, 2.24) is 0 Å². The molecule has 0 unspecified atom stereocenters. The maximum Gasteiger partial charge on any atom is 0.155 e. The first-order valence-electron chi connectivity index (χ1n) is 6.52. The first-order chi connectivity index (χ1) is 7.61. The van der Waals surface area contributed by atoms with Crippen LogP contribution in [-0.2, 0) is 4.79 Å². The fourth-order valence-electron chi connectivity index (χ4n) is 4.26. The molecule has 0 aromatic carbocycles. The Bertz CT molecular complexity index is 358. The summed E-state index contributed by atoms with van der Waals surface area (Å²) in [4.78, 5) is 11.4.